The van der Waals surface area contributed by atoms with Gasteiger partial charge in [-0.05, 0) is 62.4 Å². The molecule has 3 amide bonds. The smallest absolute Gasteiger partial charge is 0.409 e. The van der Waals surface area contributed by atoms with Crippen LogP contribution in [0.25, 0.3) is 0 Å². The summed E-state index contributed by atoms with van der Waals surface area (Å²) in [7, 11) is 1.69. The number of piperidine rings is 1. The SMILES string of the molecule is Cc1ccc(OC(=O)N(C)C2CN(C(=O)C3CCN(C(=O)C4(C)CC4)CC3)CC2c2ccc(Cl)c(Cl)c2)cn1. The van der Waals surface area contributed by atoms with Gasteiger partial charge in [-0.25, -0.2) is 4.79 Å². The van der Waals surface area contributed by atoms with E-state index in [1.165, 1.54) is 6.20 Å². The summed E-state index contributed by atoms with van der Waals surface area (Å²) >= 11 is 12.5. The van der Waals surface area contributed by atoms with Crippen molar-refractivity contribution in [1.82, 2.24) is 19.7 Å². The maximum absolute atomic E-state index is 13.7. The average molecular weight is 574 g/mol. The number of rotatable bonds is 5. The van der Waals surface area contributed by atoms with Gasteiger partial charge in [0, 0.05) is 56.2 Å². The molecule has 1 aliphatic carbocycles. The summed E-state index contributed by atoms with van der Waals surface area (Å²) in [6.07, 6.45) is 4.20. The summed E-state index contributed by atoms with van der Waals surface area (Å²) in [5.74, 6) is 0.324. The zero-order valence-electron chi connectivity index (χ0n) is 22.5. The Labute approximate surface area is 239 Å². The van der Waals surface area contributed by atoms with Crippen LogP contribution in [0.15, 0.2) is 36.5 Å². The van der Waals surface area contributed by atoms with E-state index in [0.717, 1.165) is 24.1 Å². The lowest BCUT2D eigenvalue weighted by atomic mass is 9.93. The molecule has 5 rings (SSSR count). The van der Waals surface area contributed by atoms with E-state index in [1.807, 2.05) is 29.7 Å². The number of amides is 3. The van der Waals surface area contributed by atoms with Crippen molar-refractivity contribution < 1.29 is 19.1 Å². The minimum absolute atomic E-state index is 0.0665. The van der Waals surface area contributed by atoms with Gasteiger partial charge in [0.15, 0.2) is 5.75 Å². The summed E-state index contributed by atoms with van der Waals surface area (Å²) < 4.78 is 5.59. The van der Waals surface area contributed by atoms with Gasteiger partial charge in [-0.1, -0.05) is 36.2 Å². The summed E-state index contributed by atoms with van der Waals surface area (Å²) in [4.78, 5) is 49.1. The van der Waals surface area contributed by atoms with E-state index in [2.05, 4.69) is 4.98 Å². The number of hydrogen-bond donors (Lipinski definition) is 0. The van der Waals surface area contributed by atoms with Gasteiger partial charge in [-0.3, -0.25) is 14.6 Å². The highest BCUT2D eigenvalue weighted by Gasteiger charge is 2.48. The van der Waals surface area contributed by atoms with Crippen LogP contribution in [0.5, 0.6) is 5.75 Å². The molecule has 0 bridgehead atoms. The van der Waals surface area contributed by atoms with Crippen LogP contribution in [0.2, 0.25) is 10.0 Å². The van der Waals surface area contributed by atoms with Crippen molar-refractivity contribution in [3.8, 4) is 5.75 Å². The fourth-order valence-electron chi connectivity index (χ4n) is 5.62. The number of likely N-dealkylation sites (N-methyl/N-ethyl adjacent to an activating group) is 1. The van der Waals surface area contributed by atoms with E-state index >= 15 is 0 Å². The van der Waals surface area contributed by atoms with Gasteiger partial charge in [0.2, 0.25) is 11.8 Å². The first-order chi connectivity index (χ1) is 18.6. The largest absolute Gasteiger partial charge is 0.415 e. The van der Waals surface area contributed by atoms with Gasteiger partial charge in [-0.2, -0.15) is 0 Å². The first-order valence-electron chi connectivity index (χ1n) is 13.5. The Bertz CT molecular complexity index is 1260. The van der Waals surface area contributed by atoms with Crippen molar-refractivity contribution >= 4 is 41.1 Å². The van der Waals surface area contributed by atoms with E-state index in [-0.39, 0.29) is 35.1 Å². The van der Waals surface area contributed by atoms with Crippen molar-refractivity contribution in [2.45, 2.75) is 51.5 Å². The van der Waals surface area contributed by atoms with Gasteiger partial charge in [-0.15, -0.1) is 0 Å². The number of carbonyl (C=O) groups is 3. The number of halogens is 2. The highest BCUT2D eigenvalue weighted by molar-refractivity contribution is 6.42. The maximum atomic E-state index is 13.7. The molecule has 0 N–H and O–H groups in total. The minimum atomic E-state index is -0.523. The summed E-state index contributed by atoms with van der Waals surface area (Å²) in [5.41, 5.74) is 1.53. The number of likely N-dealkylation sites (tertiary alicyclic amines) is 2. The molecule has 0 radical (unpaired) electrons. The summed E-state index contributed by atoms with van der Waals surface area (Å²) in [6, 6.07) is 8.60. The minimum Gasteiger partial charge on any atom is -0.409 e. The second-order valence-electron chi connectivity index (χ2n) is 11.3. The zero-order valence-corrected chi connectivity index (χ0v) is 24.0. The number of pyridine rings is 1. The molecular weight excluding hydrogens is 539 g/mol. The normalized spacial score (nSPS) is 22.5. The molecule has 208 valence electrons. The number of benzene rings is 1. The quantitative estimate of drug-likeness (QED) is 0.494. The lowest BCUT2D eigenvalue weighted by Gasteiger charge is -2.34. The molecule has 2 aromatic rings. The van der Waals surface area contributed by atoms with Gasteiger partial charge in [0.1, 0.15) is 0 Å². The van der Waals surface area contributed by atoms with Crippen LogP contribution in [0, 0.1) is 18.3 Å². The number of ether oxygens (including phenoxy) is 1. The molecule has 2 unspecified atom stereocenters. The van der Waals surface area contributed by atoms with Crippen molar-refractivity contribution in [1.29, 1.82) is 0 Å². The lowest BCUT2D eigenvalue weighted by molar-refractivity contribution is -0.142. The predicted octanol–water partition coefficient (Wildman–Crippen LogP) is 5.16. The Morgan fingerprint density at radius 3 is 2.36 bits per heavy atom. The predicted molar refractivity (Wildman–Crippen MR) is 149 cm³/mol. The third-order valence-electron chi connectivity index (χ3n) is 8.50. The average Bonchev–Trinajstić information content (AvgIpc) is 3.53. The number of aromatic nitrogens is 1. The lowest BCUT2D eigenvalue weighted by Crippen LogP contribution is -2.46. The van der Waals surface area contributed by atoms with Crippen LogP contribution in [0.1, 0.15) is 49.8 Å². The molecule has 10 heteroatoms. The Morgan fingerprint density at radius 2 is 1.74 bits per heavy atom. The van der Waals surface area contributed by atoms with Gasteiger partial charge < -0.3 is 19.4 Å². The number of carbonyl (C=O) groups excluding carboxylic acids is 3. The second-order valence-corrected chi connectivity index (χ2v) is 12.1. The molecule has 0 spiro atoms. The molecule has 1 saturated carbocycles. The molecule has 3 fully saturated rings. The first kappa shape index (κ1) is 27.7. The van der Waals surface area contributed by atoms with Crippen molar-refractivity contribution in [3.63, 3.8) is 0 Å². The first-order valence-corrected chi connectivity index (χ1v) is 14.2. The Morgan fingerprint density at radius 1 is 1.03 bits per heavy atom. The molecule has 2 saturated heterocycles. The van der Waals surface area contributed by atoms with E-state index in [1.54, 1.807) is 36.2 Å². The summed E-state index contributed by atoms with van der Waals surface area (Å²) in [6.45, 7) is 5.92. The van der Waals surface area contributed by atoms with E-state index in [9.17, 15) is 14.4 Å². The monoisotopic (exact) mass is 572 g/mol. The zero-order chi connectivity index (χ0) is 27.9. The third-order valence-corrected chi connectivity index (χ3v) is 9.23. The number of nitrogens with zero attached hydrogens (tertiary/aromatic N) is 4. The fourth-order valence-corrected chi connectivity index (χ4v) is 5.93. The molecule has 2 atom stereocenters. The molecule has 1 aromatic carbocycles. The van der Waals surface area contributed by atoms with Crippen LogP contribution in [0.4, 0.5) is 4.79 Å². The molecule has 3 aliphatic rings. The molecule has 2 aliphatic heterocycles. The van der Waals surface area contributed by atoms with Gasteiger partial charge in [0.25, 0.3) is 0 Å². The van der Waals surface area contributed by atoms with Crippen LogP contribution in [-0.4, -0.2) is 76.9 Å². The highest BCUT2D eigenvalue weighted by Crippen LogP contribution is 2.47. The van der Waals surface area contributed by atoms with Crippen LogP contribution >= 0.6 is 23.2 Å². The standard InChI is InChI=1S/C29H34Cl2N4O4/c1-18-4-6-21(15-32-18)39-28(38)33(3)25-17-35(16-22(25)20-5-7-23(30)24(31)14-20)26(36)19-8-12-34(13-9-19)27(37)29(2)10-11-29/h4-7,14-15,19,22,25H,8-13,16-17H2,1-3H3. The Balaban J connectivity index is 1.30. The van der Waals surface area contributed by atoms with Crippen LogP contribution < -0.4 is 4.74 Å². The fraction of sp³-hybridized carbons (Fsp3) is 0.517. The highest BCUT2D eigenvalue weighted by atomic mass is 35.5. The van der Waals surface area contributed by atoms with Gasteiger partial charge in [0.05, 0.1) is 22.3 Å². The molecule has 39 heavy (non-hydrogen) atoms. The molecule has 1 aromatic heterocycles. The van der Waals surface area contributed by atoms with E-state index in [0.29, 0.717) is 54.8 Å². The summed E-state index contributed by atoms with van der Waals surface area (Å²) in [5, 5.41) is 0.874. The molecule has 3 heterocycles. The van der Waals surface area contributed by atoms with Crippen LogP contribution in [0.3, 0.4) is 0 Å². The number of hydrogen-bond acceptors (Lipinski definition) is 5. The van der Waals surface area contributed by atoms with Crippen molar-refractivity contribution in [2.75, 3.05) is 33.2 Å². The Hall–Kier alpha value is -2.84. The van der Waals surface area contributed by atoms with Crippen molar-refractivity contribution in [3.05, 3.63) is 57.8 Å². The van der Waals surface area contributed by atoms with Gasteiger partial charge >= 0.3 is 6.09 Å². The third kappa shape index (κ3) is 5.87. The second kappa shape index (κ2) is 11.0. The van der Waals surface area contributed by atoms with E-state index in [4.69, 9.17) is 27.9 Å². The molecular formula is C29H34Cl2N4O4. The van der Waals surface area contributed by atoms with Crippen LogP contribution in [-0.2, 0) is 9.59 Å². The van der Waals surface area contributed by atoms with E-state index < -0.39 is 6.09 Å². The van der Waals surface area contributed by atoms with Crippen molar-refractivity contribution in [2.24, 2.45) is 11.3 Å². The maximum Gasteiger partial charge on any atom is 0.415 e. The topological polar surface area (TPSA) is 83.0 Å². The molecule has 8 nitrogen and oxygen atoms in total. The number of aryl methyl sites for hydroxylation is 1. The Kier molecular flexibility index (Phi) is 7.80.